The van der Waals surface area contributed by atoms with Gasteiger partial charge in [-0.15, -0.1) is 0 Å². The van der Waals surface area contributed by atoms with Gasteiger partial charge in [-0.1, -0.05) is 12.8 Å². The third kappa shape index (κ3) is 4.17. The van der Waals surface area contributed by atoms with E-state index >= 15 is 0 Å². The van der Waals surface area contributed by atoms with Gasteiger partial charge in [0.15, 0.2) is 0 Å². The Kier molecular flexibility index (Phi) is 5.99. The molecule has 5 heterocycles. The van der Waals surface area contributed by atoms with Crippen LogP contribution in [0.4, 0.5) is 17.5 Å². The molecule has 2 aliphatic rings. The lowest BCUT2D eigenvalue weighted by Gasteiger charge is -2.36. The van der Waals surface area contributed by atoms with Crippen molar-refractivity contribution in [3.63, 3.8) is 0 Å². The fourth-order valence-electron chi connectivity index (χ4n) is 6.16. The number of nitrogens with zero attached hydrogens (tertiary/aromatic N) is 7. The van der Waals surface area contributed by atoms with Crippen molar-refractivity contribution in [2.24, 2.45) is 0 Å². The van der Waals surface area contributed by atoms with E-state index in [1.165, 1.54) is 55.1 Å². The summed E-state index contributed by atoms with van der Waals surface area (Å²) in [5.41, 5.74) is 5.47. The Hall–Kier alpha value is -3.26. The second-order valence-corrected chi connectivity index (χ2v) is 10.7. The second kappa shape index (κ2) is 9.32. The molecule has 4 aromatic rings. The van der Waals surface area contributed by atoms with Gasteiger partial charge in [0.2, 0.25) is 5.95 Å². The van der Waals surface area contributed by atoms with Crippen molar-refractivity contribution in [2.45, 2.75) is 64.5 Å². The van der Waals surface area contributed by atoms with E-state index in [0.717, 1.165) is 41.3 Å². The predicted octanol–water partition coefficient (Wildman–Crippen LogP) is 5.38. The molecule has 6 rings (SSSR count). The van der Waals surface area contributed by atoms with Gasteiger partial charge in [0.05, 0.1) is 23.1 Å². The van der Waals surface area contributed by atoms with Crippen LogP contribution in [0.1, 0.15) is 56.0 Å². The Morgan fingerprint density at radius 1 is 0.917 bits per heavy atom. The van der Waals surface area contributed by atoms with Gasteiger partial charge in [0.1, 0.15) is 11.5 Å². The normalized spacial score (nSPS) is 17.6. The van der Waals surface area contributed by atoms with Crippen molar-refractivity contribution in [3.8, 4) is 0 Å². The highest BCUT2D eigenvalue weighted by Crippen LogP contribution is 2.39. The lowest BCUT2D eigenvalue weighted by Crippen LogP contribution is -2.42. The molecule has 1 aliphatic heterocycles. The average molecular weight is 485 g/mol. The number of hydrogen-bond acceptors (Lipinski definition) is 7. The van der Waals surface area contributed by atoms with E-state index in [1.54, 1.807) is 0 Å². The highest BCUT2D eigenvalue weighted by Gasteiger charge is 2.25. The molecule has 4 aromatic heterocycles. The highest BCUT2D eigenvalue weighted by atomic mass is 15.2. The molecule has 1 N–H and O–H groups in total. The summed E-state index contributed by atoms with van der Waals surface area (Å²) in [6.45, 7) is 6.30. The number of fused-ring (bicyclic) bond motifs is 3. The molecule has 2 fully saturated rings. The minimum Gasteiger partial charge on any atom is -0.370 e. The third-order valence-electron chi connectivity index (χ3n) is 8.06. The zero-order chi connectivity index (χ0) is 24.8. The number of pyridine rings is 2. The van der Waals surface area contributed by atoms with Gasteiger partial charge >= 0.3 is 0 Å². The van der Waals surface area contributed by atoms with Crippen molar-refractivity contribution >= 4 is 39.4 Å². The first-order valence-electron chi connectivity index (χ1n) is 13.3. The molecule has 0 bridgehead atoms. The maximum Gasteiger partial charge on any atom is 0.230 e. The number of aryl methyl sites for hydroxylation is 2. The van der Waals surface area contributed by atoms with Crippen LogP contribution in [0.25, 0.3) is 21.9 Å². The van der Waals surface area contributed by atoms with Crippen LogP contribution < -0.4 is 10.2 Å². The summed E-state index contributed by atoms with van der Waals surface area (Å²) in [6, 6.07) is 7.49. The van der Waals surface area contributed by atoms with Crippen LogP contribution in [0.15, 0.2) is 30.6 Å². The van der Waals surface area contributed by atoms with Gasteiger partial charge in [-0.2, -0.15) is 4.98 Å². The maximum atomic E-state index is 5.02. The van der Waals surface area contributed by atoms with Crippen LogP contribution in [-0.4, -0.2) is 62.6 Å². The van der Waals surface area contributed by atoms with Crippen LogP contribution in [-0.2, 0) is 0 Å². The van der Waals surface area contributed by atoms with Crippen molar-refractivity contribution < 1.29 is 0 Å². The van der Waals surface area contributed by atoms with Crippen molar-refractivity contribution in [3.05, 3.63) is 42.0 Å². The average Bonchev–Trinajstić information content (AvgIpc) is 3.51. The molecule has 0 amide bonds. The Balaban J connectivity index is 1.29. The first-order valence-corrected chi connectivity index (χ1v) is 13.3. The minimum atomic E-state index is 0.463. The molecule has 0 unspecified atom stereocenters. The van der Waals surface area contributed by atoms with Crippen molar-refractivity contribution in [1.82, 2.24) is 29.4 Å². The van der Waals surface area contributed by atoms with E-state index in [0.29, 0.717) is 18.0 Å². The Morgan fingerprint density at radius 3 is 2.39 bits per heavy atom. The summed E-state index contributed by atoms with van der Waals surface area (Å²) >= 11 is 0. The van der Waals surface area contributed by atoms with Gasteiger partial charge < -0.3 is 19.7 Å². The number of aromatic nitrogens is 5. The summed E-state index contributed by atoms with van der Waals surface area (Å²) in [5, 5.41) is 5.65. The van der Waals surface area contributed by atoms with Gasteiger partial charge in [0.25, 0.3) is 0 Å². The zero-order valence-corrected chi connectivity index (χ0v) is 21.8. The molecule has 8 nitrogen and oxygen atoms in total. The molecule has 1 saturated carbocycles. The molecule has 1 saturated heterocycles. The molecule has 1 aliphatic carbocycles. The fraction of sp³-hybridized carbons (Fsp3) is 0.500. The standard InChI is InChI=1S/C28H36N8/c1-18-15-23-24-17-30-28(33-27(24)36(21-7-5-6-8-21)26(23)19(2)31-18)32-25-10-9-22(16-29-25)35-13-11-20(12-14-35)34(3)4/h9-10,15-17,20-21H,5-8,11-14H2,1-4H3,(H,29,30,32,33). The second-order valence-electron chi connectivity index (χ2n) is 10.7. The van der Waals surface area contributed by atoms with Gasteiger partial charge in [-0.3, -0.25) is 4.98 Å². The van der Waals surface area contributed by atoms with Gasteiger partial charge in [-0.05, 0) is 71.8 Å². The van der Waals surface area contributed by atoms with E-state index < -0.39 is 0 Å². The van der Waals surface area contributed by atoms with Crippen molar-refractivity contribution in [2.75, 3.05) is 37.4 Å². The quantitative estimate of drug-likeness (QED) is 0.408. The summed E-state index contributed by atoms with van der Waals surface area (Å²) < 4.78 is 2.43. The number of hydrogen-bond donors (Lipinski definition) is 1. The molecular formula is C28H36N8. The lowest BCUT2D eigenvalue weighted by molar-refractivity contribution is 0.249. The summed E-state index contributed by atoms with van der Waals surface area (Å²) in [5.74, 6) is 1.34. The van der Waals surface area contributed by atoms with Crippen molar-refractivity contribution in [1.29, 1.82) is 0 Å². The molecule has 0 aromatic carbocycles. The highest BCUT2D eigenvalue weighted by molar-refractivity contribution is 6.07. The van der Waals surface area contributed by atoms with Gasteiger partial charge in [0, 0.05) is 47.8 Å². The monoisotopic (exact) mass is 484 g/mol. The fourth-order valence-corrected chi connectivity index (χ4v) is 6.16. The minimum absolute atomic E-state index is 0.463. The molecule has 188 valence electrons. The van der Waals surface area contributed by atoms with E-state index in [2.05, 4.69) is 64.7 Å². The Labute approximate surface area is 212 Å². The number of nitrogens with one attached hydrogen (secondary N) is 1. The molecule has 8 heteroatoms. The number of rotatable bonds is 5. The smallest absolute Gasteiger partial charge is 0.230 e. The first-order chi connectivity index (χ1) is 17.5. The Morgan fingerprint density at radius 2 is 1.69 bits per heavy atom. The molecule has 0 atom stereocenters. The Bertz CT molecular complexity index is 1380. The maximum absolute atomic E-state index is 5.02. The number of anilines is 3. The van der Waals surface area contributed by atoms with Gasteiger partial charge in [-0.25, -0.2) is 9.97 Å². The molecule has 0 radical (unpaired) electrons. The first kappa shape index (κ1) is 23.2. The summed E-state index contributed by atoms with van der Waals surface area (Å²) in [6.07, 6.45) is 11.2. The topological polar surface area (TPSA) is 75.0 Å². The lowest BCUT2D eigenvalue weighted by atomic mass is 10.0. The van der Waals surface area contributed by atoms with E-state index in [-0.39, 0.29) is 0 Å². The predicted molar refractivity (Wildman–Crippen MR) is 146 cm³/mol. The van der Waals surface area contributed by atoms with Crippen LogP contribution in [0, 0.1) is 13.8 Å². The largest absolute Gasteiger partial charge is 0.370 e. The van der Waals surface area contributed by atoms with E-state index in [1.807, 2.05) is 18.5 Å². The number of piperidine rings is 1. The molecular weight excluding hydrogens is 448 g/mol. The molecule has 36 heavy (non-hydrogen) atoms. The van der Waals surface area contributed by atoms with Crippen LogP contribution in [0.5, 0.6) is 0 Å². The van der Waals surface area contributed by atoms with Crippen LogP contribution >= 0.6 is 0 Å². The molecule has 0 spiro atoms. The zero-order valence-electron chi connectivity index (χ0n) is 21.8. The van der Waals surface area contributed by atoms with Crippen LogP contribution in [0.3, 0.4) is 0 Å². The van der Waals surface area contributed by atoms with E-state index in [9.17, 15) is 0 Å². The van der Waals surface area contributed by atoms with E-state index in [4.69, 9.17) is 15.0 Å². The SMILES string of the molecule is Cc1cc2c3cnc(Nc4ccc(N5CCC(N(C)C)CC5)cn4)nc3n(C3CCCC3)c2c(C)n1. The summed E-state index contributed by atoms with van der Waals surface area (Å²) in [7, 11) is 4.35. The van der Waals surface area contributed by atoms with Crippen LogP contribution in [0.2, 0.25) is 0 Å². The third-order valence-corrected chi connectivity index (χ3v) is 8.06. The summed E-state index contributed by atoms with van der Waals surface area (Å²) in [4.78, 5) is 23.9.